The molecule has 4 heteroatoms. The molecule has 1 aliphatic heterocycles. The van der Waals surface area contributed by atoms with Crippen molar-refractivity contribution in [1.82, 2.24) is 5.32 Å². The lowest BCUT2D eigenvalue weighted by atomic mass is 9.71. The van der Waals surface area contributed by atoms with Crippen molar-refractivity contribution >= 4 is 0 Å². The molecule has 110 valence electrons. The highest BCUT2D eigenvalue weighted by molar-refractivity contribution is 5.50. The Hall–Kier alpha value is -1.26. The van der Waals surface area contributed by atoms with Gasteiger partial charge >= 0.3 is 0 Å². The predicted molar refractivity (Wildman–Crippen MR) is 77.4 cm³/mol. The average Bonchev–Trinajstić information content (AvgIpc) is 2.51. The third-order valence-electron chi connectivity index (χ3n) is 4.83. The van der Waals surface area contributed by atoms with E-state index in [4.69, 9.17) is 9.47 Å². The first-order chi connectivity index (χ1) is 9.70. The second kappa shape index (κ2) is 5.26. The van der Waals surface area contributed by atoms with E-state index >= 15 is 0 Å². The number of piperidine rings is 1. The molecular formula is C16H23NO3. The van der Waals surface area contributed by atoms with Crippen LogP contribution in [0.25, 0.3) is 0 Å². The second-order valence-electron chi connectivity index (χ2n) is 5.85. The van der Waals surface area contributed by atoms with Crippen LogP contribution in [0.15, 0.2) is 12.1 Å². The summed E-state index contributed by atoms with van der Waals surface area (Å²) in [6.07, 6.45) is 4.92. The number of aryl methyl sites for hydroxylation is 1. The van der Waals surface area contributed by atoms with Crippen molar-refractivity contribution in [3.05, 3.63) is 23.3 Å². The van der Waals surface area contributed by atoms with Gasteiger partial charge in [-0.3, -0.25) is 0 Å². The molecule has 1 saturated heterocycles. The molecule has 4 nitrogen and oxygen atoms in total. The van der Waals surface area contributed by atoms with Crippen LogP contribution in [0.3, 0.4) is 0 Å². The molecule has 0 saturated carbocycles. The summed E-state index contributed by atoms with van der Waals surface area (Å²) in [5, 5.41) is 14.4. The van der Waals surface area contributed by atoms with Gasteiger partial charge in [-0.15, -0.1) is 0 Å². The Morgan fingerprint density at radius 2 is 1.90 bits per heavy atom. The van der Waals surface area contributed by atoms with Crippen LogP contribution in [-0.2, 0) is 6.42 Å². The molecule has 1 fully saturated rings. The third kappa shape index (κ3) is 2.07. The molecule has 0 radical (unpaired) electrons. The molecule has 2 atom stereocenters. The highest BCUT2D eigenvalue weighted by Gasteiger charge is 2.43. The minimum atomic E-state index is -0.466. The lowest BCUT2D eigenvalue weighted by Crippen LogP contribution is -2.54. The summed E-state index contributed by atoms with van der Waals surface area (Å²) in [5.74, 6) is 1.43. The van der Waals surface area contributed by atoms with Crippen LogP contribution < -0.4 is 14.8 Å². The zero-order valence-corrected chi connectivity index (χ0v) is 12.2. The standard InChI is InChI=1S/C16H23NO3/c1-19-13-9-11-5-7-16(6-3-4-8-17-16)15(18)12(11)10-14(13)20-2/h9-10,15,17-18H,3-8H2,1-2H3. The van der Waals surface area contributed by atoms with Crippen LogP contribution in [0.4, 0.5) is 0 Å². The maximum atomic E-state index is 10.9. The summed E-state index contributed by atoms with van der Waals surface area (Å²) in [7, 11) is 3.28. The number of methoxy groups -OCH3 is 2. The first kappa shape index (κ1) is 13.7. The maximum absolute atomic E-state index is 10.9. The fourth-order valence-corrected chi connectivity index (χ4v) is 3.64. The number of aliphatic hydroxyl groups excluding tert-OH is 1. The van der Waals surface area contributed by atoms with E-state index in [2.05, 4.69) is 5.32 Å². The highest BCUT2D eigenvalue weighted by atomic mass is 16.5. The van der Waals surface area contributed by atoms with Gasteiger partial charge in [0, 0.05) is 5.54 Å². The Balaban J connectivity index is 2.00. The van der Waals surface area contributed by atoms with Gasteiger partial charge < -0.3 is 19.9 Å². The Labute approximate surface area is 120 Å². The van der Waals surface area contributed by atoms with Gasteiger partial charge in [-0.05, 0) is 55.5 Å². The van der Waals surface area contributed by atoms with Crippen molar-refractivity contribution < 1.29 is 14.6 Å². The van der Waals surface area contributed by atoms with Crippen molar-refractivity contribution in [2.75, 3.05) is 20.8 Å². The smallest absolute Gasteiger partial charge is 0.161 e. The Morgan fingerprint density at radius 1 is 1.15 bits per heavy atom. The molecule has 1 spiro atoms. The summed E-state index contributed by atoms with van der Waals surface area (Å²) in [5.41, 5.74) is 2.02. The molecule has 3 rings (SSSR count). The van der Waals surface area contributed by atoms with Gasteiger partial charge in [-0.2, -0.15) is 0 Å². The lowest BCUT2D eigenvalue weighted by Gasteiger charge is -2.46. The molecule has 0 amide bonds. The van der Waals surface area contributed by atoms with Gasteiger partial charge in [0.15, 0.2) is 11.5 Å². The van der Waals surface area contributed by atoms with Crippen molar-refractivity contribution in [2.45, 2.75) is 43.7 Å². The number of fused-ring (bicyclic) bond motifs is 1. The number of rotatable bonds is 2. The van der Waals surface area contributed by atoms with Crippen LogP contribution in [0.5, 0.6) is 11.5 Å². The number of nitrogens with one attached hydrogen (secondary N) is 1. The molecule has 1 aromatic carbocycles. The van der Waals surface area contributed by atoms with E-state index in [1.54, 1.807) is 14.2 Å². The molecule has 1 heterocycles. The Morgan fingerprint density at radius 3 is 2.55 bits per heavy atom. The fourth-order valence-electron chi connectivity index (χ4n) is 3.64. The number of ether oxygens (including phenoxy) is 2. The largest absolute Gasteiger partial charge is 0.493 e. The number of benzene rings is 1. The van der Waals surface area contributed by atoms with Crippen molar-refractivity contribution in [1.29, 1.82) is 0 Å². The first-order valence-electron chi connectivity index (χ1n) is 7.38. The van der Waals surface area contributed by atoms with Crippen LogP contribution in [0.2, 0.25) is 0 Å². The Bertz CT molecular complexity index is 495. The van der Waals surface area contributed by atoms with Crippen LogP contribution in [0.1, 0.15) is 42.9 Å². The maximum Gasteiger partial charge on any atom is 0.161 e. The van der Waals surface area contributed by atoms with E-state index in [9.17, 15) is 5.11 Å². The lowest BCUT2D eigenvalue weighted by molar-refractivity contribution is 0.0252. The molecule has 2 N–H and O–H groups in total. The van der Waals surface area contributed by atoms with E-state index in [0.717, 1.165) is 37.1 Å². The van der Waals surface area contributed by atoms with Crippen molar-refractivity contribution in [3.63, 3.8) is 0 Å². The average molecular weight is 277 g/mol. The van der Waals surface area contributed by atoms with E-state index in [0.29, 0.717) is 5.75 Å². The minimum Gasteiger partial charge on any atom is -0.493 e. The highest BCUT2D eigenvalue weighted by Crippen LogP contribution is 2.45. The van der Waals surface area contributed by atoms with E-state index in [-0.39, 0.29) is 5.54 Å². The summed E-state index contributed by atoms with van der Waals surface area (Å²) < 4.78 is 10.7. The van der Waals surface area contributed by atoms with Gasteiger partial charge in [-0.25, -0.2) is 0 Å². The molecule has 1 aromatic rings. The number of aliphatic hydroxyl groups is 1. The summed E-state index contributed by atoms with van der Waals surface area (Å²) in [4.78, 5) is 0. The van der Waals surface area contributed by atoms with Gasteiger partial charge in [0.2, 0.25) is 0 Å². The number of hydrogen-bond acceptors (Lipinski definition) is 4. The monoisotopic (exact) mass is 277 g/mol. The van der Waals surface area contributed by atoms with Gasteiger partial charge in [0.05, 0.1) is 20.3 Å². The third-order valence-corrected chi connectivity index (χ3v) is 4.83. The molecule has 0 bridgehead atoms. The van der Waals surface area contributed by atoms with Crippen molar-refractivity contribution in [3.8, 4) is 11.5 Å². The quantitative estimate of drug-likeness (QED) is 0.870. The summed E-state index contributed by atoms with van der Waals surface area (Å²) >= 11 is 0. The van der Waals surface area contributed by atoms with Gasteiger partial charge in [-0.1, -0.05) is 6.42 Å². The fraction of sp³-hybridized carbons (Fsp3) is 0.625. The molecule has 2 unspecified atom stereocenters. The van der Waals surface area contributed by atoms with E-state index in [1.807, 2.05) is 12.1 Å². The molecule has 1 aliphatic carbocycles. The van der Waals surface area contributed by atoms with Gasteiger partial charge in [0.25, 0.3) is 0 Å². The van der Waals surface area contributed by atoms with Crippen LogP contribution in [0, 0.1) is 0 Å². The predicted octanol–water partition coefficient (Wildman–Crippen LogP) is 2.20. The first-order valence-corrected chi connectivity index (χ1v) is 7.38. The van der Waals surface area contributed by atoms with Crippen LogP contribution >= 0.6 is 0 Å². The second-order valence-corrected chi connectivity index (χ2v) is 5.85. The summed E-state index contributed by atoms with van der Waals surface area (Å²) in [6, 6.07) is 3.95. The van der Waals surface area contributed by atoms with E-state index < -0.39 is 6.10 Å². The van der Waals surface area contributed by atoms with Crippen molar-refractivity contribution in [2.24, 2.45) is 0 Å². The Kier molecular flexibility index (Phi) is 3.61. The van der Waals surface area contributed by atoms with E-state index in [1.165, 1.54) is 18.4 Å². The van der Waals surface area contributed by atoms with Crippen LogP contribution in [-0.4, -0.2) is 31.4 Å². The zero-order valence-electron chi connectivity index (χ0n) is 12.2. The minimum absolute atomic E-state index is 0.148. The summed E-state index contributed by atoms with van der Waals surface area (Å²) in [6.45, 7) is 1.000. The molecule has 0 aromatic heterocycles. The molecular weight excluding hydrogens is 254 g/mol. The van der Waals surface area contributed by atoms with Gasteiger partial charge in [0.1, 0.15) is 0 Å². The normalized spacial score (nSPS) is 29.1. The molecule has 20 heavy (non-hydrogen) atoms. The topological polar surface area (TPSA) is 50.7 Å². The number of hydrogen-bond donors (Lipinski definition) is 2. The zero-order chi connectivity index (χ0) is 14.2. The molecule has 2 aliphatic rings. The SMILES string of the molecule is COc1cc2c(cc1OC)C(O)C1(CCCCN1)CC2.